The van der Waals surface area contributed by atoms with Crippen molar-refractivity contribution in [3.05, 3.63) is 29.8 Å². The summed E-state index contributed by atoms with van der Waals surface area (Å²) >= 11 is 0. The lowest BCUT2D eigenvalue weighted by Gasteiger charge is -2.33. The lowest BCUT2D eigenvalue weighted by atomic mass is 9.91. The Morgan fingerprint density at radius 2 is 2.05 bits per heavy atom. The van der Waals surface area contributed by atoms with Gasteiger partial charge in [-0.1, -0.05) is 31.0 Å². The van der Waals surface area contributed by atoms with Crippen LogP contribution >= 0.6 is 0 Å². The second-order valence-corrected chi connectivity index (χ2v) is 6.30. The fourth-order valence-corrected chi connectivity index (χ4v) is 3.19. The fourth-order valence-electron chi connectivity index (χ4n) is 3.19. The van der Waals surface area contributed by atoms with Crippen LogP contribution in [0.2, 0.25) is 0 Å². The molecular weight excluding hydrogens is 276 g/mol. The maximum atomic E-state index is 12.2. The minimum absolute atomic E-state index is 0.0547. The van der Waals surface area contributed by atoms with Gasteiger partial charge in [0, 0.05) is 31.3 Å². The van der Waals surface area contributed by atoms with Gasteiger partial charge in [0.15, 0.2) is 0 Å². The molecule has 0 heterocycles. The van der Waals surface area contributed by atoms with Crippen molar-refractivity contribution in [3.63, 3.8) is 0 Å². The highest BCUT2D eigenvalue weighted by molar-refractivity contribution is 5.91. The largest absolute Gasteiger partial charge is 0.380 e. The summed E-state index contributed by atoms with van der Waals surface area (Å²) in [5, 5.41) is 6.56. The highest BCUT2D eigenvalue weighted by Gasteiger charge is 2.26. The third-order valence-electron chi connectivity index (χ3n) is 4.41. The average molecular weight is 304 g/mol. The van der Waals surface area contributed by atoms with Crippen LogP contribution in [0.4, 0.5) is 5.69 Å². The van der Waals surface area contributed by atoms with E-state index >= 15 is 0 Å². The molecule has 3 atom stereocenters. The standard InChI is InChI=1S/C18H28N2O2/c1-13-8-4-5-9-15(13)20-18(21)12-14(2)19-16-10-6-7-11-17(16)22-3/h4-5,8-9,14,16-17,19H,6-7,10-12H2,1-3H3,(H,20,21)/t14-,16+,17-/m1/s1. The first kappa shape index (κ1) is 17.0. The van der Waals surface area contributed by atoms with Gasteiger partial charge in [0.05, 0.1) is 6.10 Å². The minimum atomic E-state index is 0.0547. The lowest BCUT2D eigenvalue weighted by Crippen LogP contribution is -2.47. The fraction of sp³-hybridized carbons (Fsp3) is 0.611. The Bertz CT molecular complexity index is 490. The second kappa shape index (κ2) is 8.30. The van der Waals surface area contributed by atoms with Gasteiger partial charge in [-0.05, 0) is 38.3 Å². The summed E-state index contributed by atoms with van der Waals surface area (Å²) in [5.41, 5.74) is 1.98. The Hall–Kier alpha value is -1.39. The molecular formula is C18H28N2O2. The first-order valence-electron chi connectivity index (χ1n) is 8.24. The summed E-state index contributed by atoms with van der Waals surface area (Å²) < 4.78 is 5.56. The van der Waals surface area contributed by atoms with Crippen molar-refractivity contribution < 1.29 is 9.53 Å². The molecule has 0 unspecified atom stereocenters. The van der Waals surface area contributed by atoms with Crippen LogP contribution in [0.1, 0.15) is 44.6 Å². The van der Waals surface area contributed by atoms with E-state index in [0.717, 1.165) is 24.1 Å². The number of para-hydroxylation sites is 1. The maximum absolute atomic E-state index is 12.2. The van der Waals surface area contributed by atoms with E-state index in [9.17, 15) is 4.79 Å². The van der Waals surface area contributed by atoms with Crippen LogP contribution in [-0.4, -0.2) is 31.2 Å². The summed E-state index contributed by atoms with van der Waals surface area (Å²) in [6, 6.07) is 8.36. The molecule has 122 valence electrons. The lowest BCUT2D eigenvalue weighted by molar-refractivity contribution is -0.116. The van der Waals surface area contributed by atoms with Crippen molar-refractivity contribution in [1.82, 2.24) is 5.32 Å². The number of hydrogen-bond donors (Lipinski definition) is 2. The predicted molar refractivity (Wildman–Crippen MR) is 90.1 cm³/mol. The topological polar surface area (TPSA) is 50.4 Å². The number of rotatable bonds is 6. The van der Waals surface area contributed by atoms with Gasteiger partial charge in [-0.2, -0.15) is 0 Å². The van der Waals surface area contributed by atoms with Gasteiger partial charge < -0.3 is 15.4 Å². The number of anilines is 1. The molecule has 1 fully saturated rings. The molecule has 0 bridgehead atoms. The van der Waals surface area contributed by atoms with Gasteiger partial charge in [-0.25, -0.2) is 0 Å². The summed E-state index contributed by atoms with van der Waals surface area (Å²) in [7, 11) is 1.78. The number of hydrogen-bond acceptors (Lipinski definition) is 3. The van der Waals surface area contributed by atoms with Crippen molar-refractivity contribution >= 4 is 11.6 Å². The molecule has 1 amide bonds. The summed E-state index contributed by atoms with van der Waals surface area (Å²) in [6.45, 7) is 4.07. The number of benzene rings is 1. The van der Waals surface area contributed by atoms with Crippen molar-refractivity contribution in [1.29, 1.82) is 0 Å². The second-order valence-electron chi connectivity index (χ2n) is 6.30. The highest BCUT2D eigenvalue weighted by atomic mass is 16.5. The first-order valence-corrected chi connectivity index (χ1v) is 8.24. The number of carbonyl (C=O) groups is 1. The number of amides is 1. The van der Waals surface area contributed by atoms with Crippen molar-refractivity contribution in [2.24, 2.45) is 0 Å². The van der Waals surface area contributed by atoms with E-state index in [0.29, 0.717) is 12.5 Å². The normalized spacial score (nSPS) is 23.0. The molecule has 1 aromatic carbocycles. The predicted octanol–water partition coefficient (Wildman–Crippen LogP) is 3.26. The van der Waals surface area contributed by atoms with Gasteiger partial charge >= 0.3 is 0 Å². The summed E-state index contributed by atoms with van der Waals surface area (Å²) in [5.74, 6) is 0.0547. The zero-order valence-electron chi connectivity index (χ0n) is 13.9. The van der Waals surface area contributed by atoms with Gasteiger partial charge in [-0.3, -0.25) is 4.79 Å². The molecule has 1 aliphatic carbocycles. The highest BCUT2D eigenvalue weighted by Crippen LogP contribution is 2.21. The van der Waals surface area contributed by atoms with Gasteiger partial charge in [-0.15, -0.1) is 0 Å². The number of carbonyl (C=O) groups excluding carboxylic acids is 1. The van der Waals surface area contributed by atoms with Crippen LogP contribution in [0.25, 0.3) is 0 Å². The molecule has 1 aromatic rings. The minimum Gasteiger partial charge on any atom is -0.380 e. The molecule has 2 N–H and O–H groups in total. The van der Waals surface area contributed by atoms with Crippen LogP contribution in [0.15, 0.2) is 24.3 Å². The van der Waals surface area contributed by atoms with Crippen molar-refractivity contribution in [2.75, 3.05) is 12.4 Å². The Morgan fingerprint density at radius 1 is 1.32 bits per heavy atom. The molecule has 1 aliphatic rings. The third kappa shape index (κ3) is 4.82. The quantitative estimate of drug-likeness (QED) is 0.848. The van der Waals surface area contributed by atoms with Crippen LogP contribution in [-0.2, 0) is 9.53 Å². The summed E-state index contributed by atoms with van der Waals surface area (Å²) in [4.78, 5) is 12.2. The van der Waals surface area contributed by atoms with E-state index in [1.165, 1.54) is 12.8 Å². The van der Waals surface area contributed by atoms with Crippen LogP contribution in [0.3, 0.4) is 0 Å². The molecule has 0 aromatic heterocycles. The monoisotopic (exact) mass is 304 g/mol. The summed E-state index contributed by atoms with van der Waals surface area (Å²) in [6.07, 6.45) is 5.45. The van der Waals surface area contributed by atoms with E-state index in [1.807, 2.05) is 31.2 Å². The molecule has 0 spiro atoms. The Balaban J connectivity index is 1.82. The van der Waals surface area contributed by atoms with Crippen molar-refractivity contribution in [2.45, 2.75) is 64.1 Å². The van der Waals surface area contributed by atoms with E-state index in [-0.39, 0.29) is 18.1 Å². The number of ether oxygens (including phenoxy) is 1. The Morgan fingerprint density at radius 3 is 2.77 bits per heavy atom. The van der Waals surface area contributed by atoms with Gasteiger partial charge in [0.2, 0.25) is 5.91 Å². The molecule has 0 saturated heterocycles. The number of methoxy groups -OCH3 is 1. The van der Waals surface area contributed by atoms with Gasteiger partial charge in [0.25, 0.3) is 0 Å². The van der Waals surface area contributed by atoms with Crippen molar-refractivity contribution in [3.8, 4) is 0 Å². The van der Waals surface area contributed by atoms with E-state index < -0.39 is 0 Å². The molecule has 22 heavy (non-hydrogen) atoms. The first-order chi connectivity index (χ1) is 10.6. The van der Waals surface area contributed by atoms with E-state index in [2.05, 4.69) is 17.6 Å². The molecule has 4 heteroatoms. The Labute approximate surface area is 133 Å². The Kier molecular flexibility index (Phi) is 6.40. The molecule has 0 radical (unpaired) electrons. The van der Waals surface area contributed by atoms with Gasteiger partial charge in [0.1, 0.15) is 0 Å². The third-order valence-corrected chi connectivity index (χ3v) is 4.41. The molecule has 2 rings (SSSR count). The van der Waals surface area contributed by atoms with E-state index in [4.69, 9.17) is 4.74 Å². The number of nitrogens with one attached hydrogen (secondary N) is 2. The average Bonchev–Trinajstić information content (AvgIpc) is 2.50. The zero-order valence-corrected chi connectivity index (χ0v) is 13.9. The molecule has 4 nitrogen and oxygen atoms in total. The molecule has 1 saturated carbocycles. The number of aryl methyl sites for hydroxylation is 1. The molecule has 0 aliphatic heterocycles. The maximum Gasteiger partial charge on any atom is 0.225 e. The zero-order chi connectivity index (χ0) is 15.9. The van der Waals surface area contributed by atoms with Crippen LogP contribution < -0.4 is 10.6 Å². The van der Waals surface area contributed by atoms with E-state index in [1.54, 1.807) is 7.11 Å². The smallest absolute Gasteiger partial charge is 0.225 e. The van der Waals surface area contributed by atoms with Crippen LogP contribution in [0, 0.1) is 6.92 Å². The SMILES string of the molecule is CO[C@@H]1CCCC[C@@H]1N[C@H](C)CC(=O)Nc1ccccc1C. The van der Waals surface area contributed by atoms with Crippen LogP contribution in [0.5, 0.6) is 0 Å².